The molecule has 0 aliphatic rings. The summed E-state index contributed by atoms with van der Waals surface area (Å²) in [7, 11) is 5.41. The van der Waals surface area contributed by atoms with E-state index in [1.165, 1.54) is 6.92 Å². The number of aromatic nitrogens is 1. The number of para-hydroxylation sites is 1. The van der Waals surface area contributed by atoms with Gasteiger partial charge in [0.2, 0.25) is 11.8 Å². The molecule has 8 nitrogen and oxygen atoms in total. The summed E-state index contributed by atoms with van der Waals surface area (Å²) in [6.45, 7) is 15.2. The second kappa shape index (κ2) is 11.7. The Morgan fingerprint density at radius 2 is 1.63 bits per heavy atom. The van der Waals surface area contributed by atoms with Gasteiger partial charge in [-0.2, -0.15) is 0 Å². The van der Waals surface area contributed by atoms with Gasteiger partial charge in [-0.1, -0.05) is 72.7 Å². The van der Waals surface area contributed by atoms with Crippen LogP contribution < -0.4 is 10.6 Å². The lowest BCUT2D eigenvalue weighted by Crippen LogP contribution is -2.61. The summed E-state index contributed by atoms with van der Waals surface area (Å²) in [6.07, 6.45) is 3.67. The second-order valence-electron chi connectivity index (χ2n) is 12.3. The summed E-state index contributed by atoms with van der Waals surface area (Å²) in [6, 6.07) is 6.23. The number of aliphatic carboxylic acids is 1. The lowest BCUT2D eigenvalue weighted by Gasteiger charge is -2.39. The molecule has 0 fully saturated rings. The van der Waals surface area contributed by atoms with Crippen LogP contribution in [0.25, 0.3) is 10.9 Å². The van der Waals surface area contributed by atoms with Crippen molar-refractivity contribution >= 4 is 28.7 Å². The number of aryl methyl sites for hydroxylation is 1. The minimum Gasteiger partial charge on any atom is -0.478 e. The third-order valence-electron chi connectivity index (χ3n) is 7.50. The molecule has 1 aromatic heterocycles. The molecule has 0 saturated heterocycles. The zero-order valence-electron chi connectivity index (χ0n) is 24.8. The Morgan fingerprint density at radius 1 is 1.05 bits per heavy atom. The van der Waals surface area contributed by atoms with Crippen molar-refractivity contribution in [1.82, 2.24) is 20.1 Å². The first-order valence-corrected chi connectivity index (χ1v) is 13.2. The third-order valence-corrected chi connectivity index (χ3v) is 7.50. The van der Waals surface area contributed by atoms with Crippen LogP contribution in [0.15, 0.2) is 42.1 Å². The lowest BCUT2D eigenvalue weighted by atomic mass is 9.76. The van der Waals surface area contributed by atoms with Crippen LogP contribution in [0.4, 0.5) is 0 Å². The Hall–Kier alpha value is -3.13. The van der Waals surface area contributed by atoms with Crippen LogP contribution in [0.3, 0.4) is 0 Å². The molecule has 1 heterocycles. The first-order valence-electron chi connectivity index (χ1n) is 13.2. The molecule has 0 unspecified atom stereocenters. The van der Waals surface area contributed by atoms with Crippen molar-refractivity contribution in [3.63, 3.8) is 0 Å². The van der Waals surface area contributed by atoms with E-state index in [0.29, 0.717) is 0 Å². The molecule has 0 aliphatic carbocycles. The molecule has 0 saturated carbocycles. The maximum absolute atomic E-state index is 13.9. The van der Waals surface area contributed by atoms with Crippen LogP contribution in [0, 0.1) is 11.3 Å². The Kier molecular flexibility index (Phi) is 9.59. The van der Waals surface area contributed by atoms with Gasteiger partial charge in [-0.05, 0) is 36.9 Å². The number of carboxylic acids is 1. The van der Waals surface area contributed by atoms with Gasteiger partial charge in [-0.15, -0.1) is 0 Å². The topological polar surface area (TPSA) is 104 Å². The van der Waals surface area contributed by atoms with E-state index in [1.807, 2.05) is 67.6 Å². The highest BCUT2D eigenvalue weighted by molar-refractivity contribution is 5.93. The predicted octanol–water partition coefficient (Wildman–Crippen LogP) is 4.09. The van der Waals surface area contributed by atoms with Crippen molar-refractivity contribution in [1.29, 1.82) is 0 Å². The van der Waals surface area contributed by atoms with E-state index in [2.05, 4.69) is 33.5 Å². The number of amides is 2. The first-order chi connectivity index (χ1) is 17.4. The fraction of sp³-hybridized carbons (Fsp3) is 0.567. The minimum atomic E-state index is -1.02. The normalized spacial score (nSPS) is 15.3. The summed E-state index contributed by atoms with van der Waals surface area (Å²) >= 11 is 0. The monoisotopic (exact) mass is 526 g/mol. The van der Waals surface area contributed by atoms with Gasteiger partial charge in [0.15, 0.2) is 0 Å². The largest absolute Gasteiger partial charge is 0.478 e. The molecule has 8 heteroatoms. The molecule has 0 bridgehead atoms. The average molecular weight is 527 g/mol. The molecular weight excluding hydrogens is 480 g/mol. The molecule has 1 aromatic carbocycles. The number of nitrogens with zero attached hydrogens (tertiary/aromatic N) is 2. The summed E-state index contributed by atoms with van der Waals surface area (Å²) in [5.74, 6) is -1.59. The van der Waals surface area contributed by atoms with Gasteiger partial charge in [0.05, 0.1) is 12.1 Å². The number of carbonyl (C=O) groups excluding carboxylic acids is 2. The molecule has 0 radical (unpaired) electrons. The van der Waals surface area contributed by atoms with Gasteiger partial charge in [-0.3, -0.25) is 9.59 Å². The molecule has 210 valence electrons. The third kappa shape index (κ3) is 6.46. The average Bonchev–Trinajstić information content (AvgIpc) is 3.16. The number of benzene rings is 1. The van der Waals surface area contributed by atoms with Gasteiger partial charge in [0.25, 0.3) is 0 Å². The number of hydrogen-bond acceptors (Lipinski definition) is 4. The molecule has 3 atom stereocenters. The fourth-order valence-corrected chi connectivity index (χ4v) is 5.13. The highest BCUT2D eigenvalue weighted by Gasteiger charge is 2.42. The van der Waals surface area contributed by atoms with Crippen LogP contribution in [0.2, 0.25) is 0 Å². The molecule has 0 spiro atoms. The zero-order valence-corrected chi connectivity index (χ0v) is 24.8. The maximum Gasteiger partial charge on any atom is 0.331 e. The molecule has 0 aliphatic heterocycles. The Bertz CT molecular complexity index is 1200. The van der Waals surface area contributed by atoms with E-state index >= 15 is 0 Å². The van der Waals surface area contributed by atoms with Gasteiger partial charge in [-0.25, -0.2) is 4.79 Å². The quantitative estimate of drug-likeness (QED) is 0.405. The van der Waals surface area contributed by atoms with Gasteiger partial charge in [0, 0.05) is 42.2 Å². The summed E-state index contributed by atoms with van der Waals surface area (Å²) in [5.41, 5.74) is 1.11. The number of carboxylic acid groups (broad SMARTS) is 1. The molecule has 2 rings (SSSR count). The van der Waals surface area contributed by atoms with Crippen molar-refractivity contribution in [2.45, 2.75) is 78.9 Å². The van der Waals surface area contributed by atoms with Crippen molar-refractivity contribution < 1.29 is 19.5 Å². The highest BCUT2D eigenvalue weighted by atomic mass is 16.4. The molecule has 3 N–H and O–H groups in total. The molecular formula is C30H46N4O4. The van der Waals surface area contributed by atoms with E-state index in [4.69, 9.17) is 0 Å². The second-order valence-corrected chi connectivity index (χ2v) is 12.3. The smallest absolute Gasteiger partial charge is 0.331 e. The van der Waals surface area contributed by atoms with E-state index < -0.39 is 34.9 Å². The van der Waals surface area contributed by atoms with E-state index in [-0.39, 0.29) is 23.3 Å². The Morgan fingerprint density at radius 3 is 2.13 bits per heavy atom. The summed E-state index contributed by atoms with van der Waals surface area (Å²) in [5, 5.41) is 16.7. The van der Waals surface area contributed by atoms with Crippen LogP contribution in [-0.4, -0.2) is 64.6 Å². The number of fused-ring (bicyclic) bond motifs is 1. The number of hydrogen-bond donors (Lipinski definition) is 3. The van der Waals surface area contributed by atoms with Crippen LogP contribution in [0.5, 0.6) is 0 Å². The Labute approximate surface area is 227 Å². The number of rotatable bonds is 10. The summed E-state index contributed by atoms with van der Waals surface area (Å²) < 4.78 is 2.06. The van der Waals surface area contributed by atoms with Crippen LogP contribution >= 0.6 is 0 Å². The van der Waals surface area contributed by atoms with Gasteiger partial charge < -0.3 is 25.2 Å². The summed E-state index contributed by atoms with van der Waals surface area (Å²) in [4.78, 5) is 40.7. The molecule has 2 amide bonds. The van der Waals surface area contributed by atoms with Crippen molar-refractivity contribution in [3.8, 4) is 0 Å². The number of carbonyl (C=O) groups is 3. The number of nitrogens with one attached hydrogen (secondary N) is 2. The highest BCUT2D eigenvalue weighted by Crippen LogP contribution is 2.35. The molecule has 2 aromatic rings. The standard InChI is InChI=1S/C30H46N4O4/c1-18(2)23(16-19(3)28(37)38)34(11)27(36)25(29(4,5)6)32-26(35)24(31-9)30(7,8)21-17-33(10)22-15-13-12-14-20(21)22/h12-18,23-25,31H,1-11H3,(H,32,35)(H,37,38)/t23-,24-,25-/m0/s1. The van der Waals surface area contributed by atoms with Gasteiger partial charge >= 0.3 is 5.97 Å². The van der Waals surface area contributed by atoms with E-state index in [1.54, 1.807) is 25.1 Å². The van der Waals surface area contributed by atoms with Crippen molar-refractivity contribution in [2.24, 2.45) is 18.4 Å². The predicted molar refractivity (Wildman–Crippen MR) is 153 cm³/mol. The van der Waals surface area contributed by atoms with E-state index in [9.17, 15) is 19.5 Å². The maximum atomic E-state index is 13.9. The van der Waals surface area contributed by atoms with Crippen molar-refractivity contribution in [3.05, 3.63) is 47.7 Å². The molecule has 38 heavy (non-hydrogen) atoms. The van der Waals surface area contributed by atoms with Crippen LogP contribution in [-0.2, 0) is 26.8 Å². The first kappa shape index (κ1) is 31.1. The minimum absolute atomic E-state index is 0.0232. The lowest BCUT2D eigenvalue weighted by molar-refractivity contribution is -0.141. The zero-order chi connectivity index (χ0) is 29.2. The number of likely N-dealkylation sites (N-methyl/N-ethyl adjacent to an activating group) is 2. The Balaban J connectivity index is 2.43. The van der Waals surface area contributed by atoms with Crippen molar-refractivity contribution in [2.75, 3.05) is 14.1 Å². The van der Waals surface area contributed by atoms with Gasteiger partial charge in [0.1, 0.15) is 6.04 Å². The fourth-order valence-electron chi connectivity index (χ4n) is 5.13. The van der Waals surface area contributed by atoms with E-state index in [0.717, 1.165) is 16.5 Å². The van der Waals surface area contributed by atoms with Crippen LogP contribution in [0.1, 0.15) is 61.0 Å². The SMILES string of the molecule is CN[C@@H](C(=O)N[C@@H](C(=O)N(C)[C@@H](C=C(C)C(=O)O)C(C)C)C(C)(C)C)C(C)(C)c1cn(C)c2ccccc12.